The van der Waals surface area contributed by atoms with Gasteiger partial charge in [0, 0.05) is 24.7 Å². The Balaban J connectivity index is 1.70. The Morgan fingerprint density at radius 1 is 0.931 bits per heavy atom. The van der Waals surface area contributed by atoms with Gasteiger partial charge in [0.2, 0.25) is 9.84 Å². The van der Waals surface area contributed by atoms with E-state index >= 15 is 0 Å². The Morgan fingerprint density at radius 3 is 2.21 bits per heavy atom. The molecule has 0 aromatic heterocycles. The molecule has 0 N–H and O–H groups in total. The molecule has 156 valence electrons. The van der Waals surface area contributed by atoms with Crippen LogP contribution >= 0.6 is 0 Å². The van der Waals surface area contributed by atoms with Crippen LogP contribution in [0.1, 0.15) is 29.9 Å². The van der Waals surface area contributed by atoms with Crippen LogP contribution in [-0.2, 0) is 16.0 Å². The molecule has 2 aromatic rings. The van der Waals surface area contributed by atoms with E-state index < -0.39 is 21.6 Å². The number of benzene rings is 2. The molecule has 0 radical (unpaired) electrons. The number of fused-ring (bicyclic) bond motifs is 3. The van der Waals surface area contributed by atoms with Crippen molar-refractivity contribution in [1.29, 1.82) is 0 Å². The van der Waals surface area contributed by atoms with Crippen molar-refractivity contribution in [1.82, 2.24) is 4.90 Å². The number of anilines is 1. The molecule has 2 atom stereocenters. The molecule has 0 aliphatic carbocycles. The molecule has 2 aromatic carbocycles. The van der Waals surface area contributed by atoms with Crippen LogP contribution in [0.3, 0.4) is 0 Å². The average Bonchev–Trinajstić information content (AvgIpc) is 2.81. The number of hydrogen-bond donors (Lipinski definition) is 0. The lowest BCUT2D eigenvalue weighted by molar-refractivity contribution is -0.137. The van der Waals surface area contributed by atoms with Gasteiger partial charge < -0.3 is 9.80 Å². The van der Waals surface area contributed by atoms with Crippen LogP contribution in [0.5, 0.6) is 0 Å². The smallest absolute Gasteiger partial charge is 0.371 e. The van der Waals surface area contributed by atoms with Crippen molar-refractivity contribution in [2.24, 2.45) is 0 Å². The van der Waals surface area contributed by atoms with Crippen molar-refractivity contribution in [3.63, 3.8) is 0 Å². The predicted molar refractivity (Wildman–Crippen MR) is 105 cm³/mol. The summed E-state index contributed by atoms with van der Waals surface area (Å²) in [6.45, 7) is 1.94. The SMILES string of the molecule is CN1CC[C@@H]2[C@@H](CC1)c1cc(S(=O)(=O)c3ccc(C(F)(F)F)cc3)ccc1N2C. The molecule has 0 amide bonds. The van der Waals surface area contributed by atoms with E-state index in [0.717, 1.165) is 61.4 Å². The van der Waals surface area contributed by atoms with Crippen LogP contribution < -0.4 is 4.90 Å². The number of sulfone groups is 1. The molecular weight excluding hydrogens is 401 g/mol. The number of alkyl halides is 3. The van der Waals surface area contributed by atoms with Crippen LogP contribution in [0, 0.1) is 0 Å². The van der Waals surface area contributed by atoms with Crippen LogP contribution in [0.2, 0.25) is 0 Å². The van der Waals surface area contributed by atoms with Crippen molar-refractivity contribution in [3.8, 4) is 0 Å². The second kappa shape index (κ2) is 7.02. The summed E-state index contributed by atoms with van der Waals surface area (Å²) in [5.41, 5.74) is 1.19. The van der Waals surface area contributed by atoms with E-state index in [9.17, 15) is 21.6 Å². The molecular formula is C21H23F3N2O2S. The lowest BCUT2D eigenvalue weighted by Gasteiger charge is -2.25. The monoisotopic (exact) mass is 424 g/mol. The lowest BCUT2D eigenvalue weighted by atomic mass is 9.91. The highest BCUT2D eigenvalue weighted by atomic mass is 32.2. The van der Waals surface area contributed by atoms with Crippen molar-refractivity contribution < 1.29 is 21.6 Å². The van der Waals surface area contributed by atoms with Gasteiger partial charge in [-0.15, -0.1) is 0 Å². The maximum atomic E-state index is 13.1. The molecule has 4 rings (SSSR count). The first-order valence-electron chi connectivity index (χ1n) is 9.57. The molecule has 2 aliphatic rings. The first-order chi connectivity index (χ1) is 13.6. The number of rotatable bonds is 2. The quantitative estimate of drug-likeness (QED) is 0.726. The number of nitrogens with zero attached hydrogens (tertiary/aromatic N) is 2. The van der Waals surface area contributed by atoms with Gasteiger partial charge >= 0.3 is 6.18 Å². The Bertz CT molecular complexity index is 1020. The highest BCUT2D eigenvalue weighted by Gasteiger charge is 2.38. The fourth-order valence-electron chi connectivity index (χ4n) is 4.50. The Kier molecular flexibility index (Phi) is 4.90. The third-order valence-electron chi connectivity index (χ3n) is 6.17. The molecule has 8 heteroatoms. The van der Waals surface area contributed by atoms with Crippen LogP contribution in [0.15, 0.2) is 52.3 Å². The summed E-state index contributed by atoms with van der Waals surface area (Å²) in [4.78, 5) is 4.51. The minimum Gasteiger partial charge on any atom is -0.371 e. The highest BCUT2D eigenvalue weighted by molar-refractivity contribution is 7.91. The maximum absolute atomic E-state index is 13.1. The van der Waals surface area contributed by atoms with Crippen molar-refractivity contribution >= 4 is 15.5 Å². The van der Waals surface area contributed by atoms with Gasteiger partial charge in [0.15, 0.2) is 0 Å². The van der Waals surface area contributed by atoms with E-state index in [1.165, 1.54) is 0 Å². The van der Waals surface area contributed by atoms with E-state index in [1.807, 2.05) is 13.1 Å². The summed E-state index contributed by atoms with van der Waals surface area (Å²) < 4.78 is 64.5. The van der Waals surface area contributed by atoms with Crippen molar-refractivity contribution in [2.45, 2.75) is 40.8 Å². The molecule has 0 spiro atoms. The molecule has 2 heterocycles. The first kappa shape index (κ1) is 20.2. The van der Waals surface area contributed by atoms with Gasteiger partial charge in [-0.05, 0) is 81.0 Å². The van der Waals surface area contributed by atoms with E-state index in [-0.39, 0.29) is 15.7 Å². The van der Waals surface area contributed by atoms with Gasteiger partial charge in [-0.25, -0.2) is 8.42 Å². The standard InChI is InChI=1S/C21H23F3N2O2S/c1-25-11-9-17-18-13-16(7-8-19(18)26(2)20(17)10-12-25)29(27,28)15-5-3-14(4-6-15)21(22,23)24/h3-8,13,17,20H,9-12H2,1-2H3/t17-,20+/m0/s1. The summed E-state index contributed by atoms with van der Waals surface area (Å²) in [7, 11) is 0.237. The predicted octanol–water partition coefficient (Wildman–Crippen LogP) is 4.17. The fourth-order valence-corrected chi connectivity index (χ4v) is 5.80. The van der Waals surface area contributed by atoms with Gasteiger partial charge in [-0.1, -0.05) is 0 Å². The lowest BCUT2D eigenvalue weighted by Crippen LogP contribution is -2.31. The Hall–Kier alpha value is -2.06. The average molecular weight is 424 g/mol. The summed E-state index contributed by atoms with van der Waals surface area (Å²) in [6, 6.07) is 9.11. The maximum Gasteiger partial charge on any atom is 0.416 e. The van der Waals surface area contributed by atoms with Gasteiger partial charge in [0.05, 0.1) is 15.4 Å². The summed E-state index contributed by atoms with van der Waals surface area (Å²) in [5, 5.41) is 0. The first-order valence-corrected chi connectivity index (χ1v) is 11.0. The molecule has 0 bridgehead atoms. The summed E-state index contributed by atoms with van der Waals surface area (Å²) in [5.74, 6) is 0.253. The van der Waals surface area contributed by atoms with E-state index in [1.54, 1.807) is 12.1 Å². The summed E-state index contributed by atoms with van der Waals surface area (Å²) in [6.07, 6.45) is -2.54. The molecule has 4 nitrogen and oxygen atoms in total. The molecule has 2 aliphatic heterocycles. The molecule has 1 saturated heterocycles. The van der Waals surface area contributed by atoms with Gasteiger partial charge in [-0.2, -0.15) is 13.2 Å². The normalized spacial score (nSPS) is 22.9. The third kappa shape index (κ3) is 3.53. The topological polar surface area (TPSA) is 40.6 Å². The zero-order chi connectivity index (χ0) is 21.0. The van der Waals surface area contributed by atoms with Crippen molar-refractivity contribution in [3.05, 3.63) is 53.6 Å². The van der Waals surface area contributed by atoms with Crippen LogP contribution in [0.25, 0.3) is 0 Å². The Morgan fingerprint density at radius 2 is 1.55 bits per heavy atom. The highest BCUT2D eigenvalue weighted by Crippen LogP contribution is 2.45. The fraction of sp³-hybridized carbons (Fsp3) is 0.429. The molecule has 0 unspecified atom stereocenters. The minimum atomic E-state index is -4.50. The molecule has 29 heavy (non-hydrogen) atoms. The molecule has 0 saturated carbocycles. The van der Waals surface area contributed by atoms with E-state index in [4.69, 9.17) is 0 Å². The minimum absolute atomic E-state index is 0.127. The van der Waals surface area contributed by atoms with Crippen molar-refractivity contribution in [2.75, 3.05) is 32.1 Å². The van der Waals surface area contributed by atoms with Gasteiger partial charge in [0.1, 0.15) is 0 Å². The second-order valence-electron chi connectivity index (χ2n) is 7.91. The zero-order valence-corrected chi connectivity index (χ0v) is 17.1. The Labute approximate surface area is 168 Å². The number of likely N-dealkylation sites (tertiary alicyclic amines) is 1. The molecule has 1 fully saturated rings. The number of hydrogen-bond acceptors (Lipinski definition) is 4. The van der Waals surface area contributed by atoms with E-state index in [2.05, 4.69) is 16.8 Å². The second-order valence-corrected chi connectivity index (χ2v) is 9.86. The van der Waals surface area contributed by atoms with Crippen LogP contribution in [0.4, 0.5) is 18.9 Å². The largest absolute Gasteiger partial charge is 0.416 e. The van der Waals surface area contributed by atoms with Gasteiger partial charge in [0.25, 0.3) is 0 Å². The summed E-state index contributed by atoms with van der Waals surface area (Å²) >= 11 is 0. The van der Waals surface area contributed by atoms with Gasteiger partial charge in [-0.3, -0.25) is 0 Å². The third-order valence-corrected chi connectivity index (χ3v) is 7.94. The zero-order valence-electron chi connectivity index (χ0n) is 16.3. The van der Waals surface area contributed by atoms with Crippen LogP contribution in [-0.4, -0.2) is 46.5 Å². The van der Waals surface area contributed by atoms with E-state index in [0.29, 0.717) is 6.04 Å². The number of likely N-dealkylation sites (N-methyl/N-ethyl adjacent to an activating group) is 1. The number of halogens is 3.